The van der Waals surface area contributed by atoms with Crippen LogP contribution in [0.5, 0.6) is 0 Å². The molecule has 0 bridgehead atoms. The summed E-state index contributed by atoms with van der Waals surface area (Å²) in [6.07, 6.45) is 9.05. The molecule has 0 fully saturated rings. The summed E-state index contributed by atoms with van der Waals surface area (Å²) in [6.45, 7) is 44.0. The molecule has 4 aliphatic carbocycles. The molecule has 1 aromatic heterocycles. The molecule has 7 aromatic carbocycles. The summed E-state index contributed by atoms with van der Waals surface area (Å²) >= 11 is 0. The van der Waals surface area contributed by atoms with Gasteiger partial charge in [0.25, 0.3) is 6.71 Å². The standard InChI is InChI=1S/C80H92BN3O/c1-49-24-33-64(50(2)42-49)84-65-48-62-61(77(11,12)38-39-78(62,13)14)47-63(65)81-69-66(83(53-27-25-52(26-28-53)51-22-20-19-21-23-51)70-68-71(85-72(70)81)80(17,18)41-40-79(68,15)16)45-56(46-67(69)84)82(54-29-31-57-59(43-54)75(7,8)36-34-73(57,3)4)55-30-32-58-60(44-55)76(9,10)37-35-74(58,5)6/h19-33,42-48H,34-41H2,1-18H3. The van der Waals surface area contributed by atoms with Crippen molar-refractivity contribution in [2.24, 2.45) is 0 Å². The van der Waals surface area contributed by atoms with Crippen LogP contribution in [0.3, 0.4) is 0 Å². The van der Waals surface area contributed by atoms with E-state index in [-0.39, 0.29) is 50.0 Å². The summed E-state index contributed by atoms with van der Waals surface area (Å²) in [6, 6.07) is 53.2. The van der Waals surface area contributed by atoms with E-state index < -0.39 is 0 Å². The molecule has 8 aromatic rings. The molecule has 14 rings (SSSR count). The van der Waals surface area contributed by atoms with Crippen molar-refractivity contribution in [3.63, 3.8) is 0 Å². The Morgan fingerprint density at radius 1 is 0.388 bits per heavy atom. The zero-order valence-corrected chi connectivity index (χ0v) is 54.7. The number of benzene rings is 7. The molecule has 85 heavy (non-hydrogen) atoms. The third-order valence-corrected chi connectivity index (χ3v) is 22.8. The number of anilines is 9. The Bertz CT molecular complexity index is 3990. The lowest BCUT2D eigenvalue weighted by molar-refractivity contribution is 0.282. The monoisotopic (exact) mass is 1120 g/mol. The van der Waals surface area contributed by atoms with Crippen molar-refractivity contribution in [2.45, 2.75) is 219 Å². The van der Waals surface area contributed by atoms with Crippen LogP contribution < -0.4 is 31.3 Å². The Hall–Kier alpha value is -6.72. The second-order valence-corrected chi connectivity index (χ2v) is 32.5. The van der Waals surface area contributed by atoms with Crippen LogP contribution in [0.4, 0.5) is 51.2 Å². The van der Waals surface area contributed by atoms with Crippen molar-refractivity contribution in [2.75, 3.05) is 14.7 Å². The number of hydrogen-bond acceptors (Lipinski definition) is 4. The molecule has 0 saturated carbocycles. The third-order valence-electron chi connectivity index (χ3n) is 22.8. The van der Waals surface area contributed by atoms with Crippen LogP contribution in [0.25, 0.3) is 11.1 Å². The fourth-order valence-electron chi connectivity index (χ4n) is 16.8. The topological polar surface area (TPSA) is 22.9 Å². The van der Waals surface area contributed by atoms with Crippen molar-refractivity contribution in [1.29, 1.82) is 0 Å². The van der Waals surface area contributed by atoms with Gasteiger partial charge in [-0.2, -0.15) is 0 Å². The van der Waals surface area contributed by atoms with E-state index in [1.807, 2.05) is 0 Å². The van der Waals surface area contributed by atoms with E-state index in [0.29, 0.717) is 0 Å². The van der Waals surface area contributed by atoms with Crippen LogP contribution in [0.1, 0.15) is 218 Å². The molecule has 436 valence electrons. The summed E-state index contributed by atoms with van der Waals surface area (Å²) < 4.78 is 7.97. The molecular weight excluding hydrogens is 1030 g/mol. The molecule has 6 aliphatic rings. The number of aryl methyl sites for hydroxylation is 2. The van der Waals surface area contributed by atoms with Gasteiger partial charge in [-0.3, -0.25) is 0 Å². The minimum absolute atomic E-state index is 0.00825. The zero-order valence-electron chi connectivity index (χ0n) is 54.7. The summed E-state index contributed by atoms with van der Waals surface area (Å²) in [4.78, 5) is 8.05. The number of fused-ring (bicyclic) bond motifs is 9. The maximum absolute atomic E-state index is 7.97. The van der Waals surface area contributed by atoms with Gasteiger partial charge >= 0.3 is 0 Å². The van der Waals surface area contributed by atoms with Crippen molar-refractivity contribution >= 4 is 74.5 Å². The third kappa shape index (κ3) is 8.55. The quantitative estimate of drug-likeness (QED) is 0.155. The van der Waals surface area contributed by atoms with E-state index in [4.69, 9.17) is 4.42 Å². The van der Waals surface area contributed by atoms with Gasteiger partial charge < -0.3 is 19.1 Å². The smallest absolute Gasteiger partial charge is 0.297 e. The van der Waals surface area contributed by atoms with Crippen molar-refractivity contribution in [1.82, 2.24) is 0 Å². The van der Waals surface area contributed by atoms with Crippen LogP contribution >= 0.6 is 0 Å². The fraction of sp³-hybridized carbons (Fsp3) is 0.425. The van der Waals surface area contributed by atoms with E-state index in [2.05, 4.69) is 273 Å². The first-order valence-electron chi connectivity index (χ1n) is 32.4. The summed E-state index contributed by atoms with van der Waals surface area (Å²) in [5.74, 6) is 1.15. The first-order chi connectivity index (χ1) is 39.9. The van der Waals surface area contributed by atoms with Gasteiger partial charge in [-0.05, 0) is 225 Å². The molecule has 0 atom stereocenters. The van der Waals surface area contributed by atoms with Crippen molar-refractivity contribution in [3.8, 4) is 11.1 Å². The maximum Gasteiger partial charge on any atom is 0.297 e. The Morgan fingerprint density at radius 3 is 1.40 bits per heavy atom. The second-order valence-electron chi connectivity index (χ2n) is 32.5. The highest BCUT2D eigenvalue weighted by molar-refractivity contribution is 6.99. The molecule has 5 heteroatoms. The lowest BCUT2D eigenvalue weighted by Gasteiger charge is -2.47. The van der Waals surface area contributed by atoms with Gasteiger partial charge in [0.1, 0.15) is 5.76 Å². The van der Waals surface area contributed by atoms with Crippen molar-refractivity contribution < 1.29 is 4.42 Å². The van der Waals surface area contributed by atoms with Crippen LogP contribution in [-0.4, -0.2) is 6.71 Å². The highest BCUT2D eigenvalue weighted by Crippen LogP contribution is 2.58. The highest BCUT2D eigenvalue weighted by Gasteiger charge is 2.54. The molecule has 2 aliphatic heterocycles. The molecule has 3 heterocycles. The second kappa shape index (κ2) is 18.4. The van der Waals surface area contributed by atoms with Crippen LogP contribution in [0, 0.1) is 13.8 Å². The summed E-state index contributed by atoms with van der Waals surface area (Å²) in [7, 11) is 0. The Labute approximate surface area is 510 Å². The normalized spacial score (nSPS) is 20.7. The van der Waals surface area contributed by atoms with Crippen LogP contribution in [-0.2, 0) is 43.3 Å². The van der Waals surface area contributed by atoms with Gasteiger partial charge in [-0.15, -0.1) is 0 Å². The Kier molecular flexibility index (Phi) is 12.2. The first-order valence-corrected chi connectivity index (χ1v) is 32.4. The molecule has 0 spiro atoms. The van der Waals surface area contributed by atoms with E-state index >= 15 is 0 Å². The molecule has 0 unspecified atom stereocenters. The number of hydrogen-bond donors (Lipinski definition) is 0. The number of nitrogens with zero attached hydrogens (tertiary/aromatic N) is 3. The van der Waals surface area contributed by atoms with Gasteiger partial charge in [0.15, 0.2) is 0 Å². The molecule has 0 amide bonds. The van der Waals surface area contributed by atoms with Gasteiger partial charge in [0.2, 0.25) is 0 Å². The summed E-state index contributed by atoms with van der Waals surface area (Å²) in [5.41, 5.74) is 29.5. The van der Waals surface area contributed by atoms with Crippen molar-refractivity contribution in [3.05, 3.63) is 189 Å². The SMILES string of the molecule is Cc1ccc(N2c3cc4c(cc3B3c5oc6c(c5N(c5ccc(-c7ccccc7)cc5)c5cc(N(c7ccc8c(c7)C(C)(C)CCC8(C)C)c7ccc8c(c7)C(C)(C)CCC8(C)C)cc2c53)C(C)(C)CCC6(C)C)C(C)(C)CCC4(C)C)c(C)c1. The fourth-order valence-corrected chi connectivity index (χ4v) is 16.8. The maximum atomic E-state index is 7.97. The number of rotatable bonds is 6. The predicted octanol–water partition coefficient (Wildman–Crippen LogP) is 20.5. The Balaban J connectivity index is 1.15. The molecule has 0 radical (unpaired) electrons. The van der Waals surface area contributed by atoms with E-state index in [0.717, 1.165) is 61.3 Å². The average molecular weight is 1120 g/mol. The van der Waals surface area contributed by atoms with E-state index in [9.17, 15) is 0 Å². The van der Waals surface area contributed by atoms with E-state index in [1.165, 1.54) is 125 Å². The molecule has 4 nitrogen and oxygen atoms in total. The molecular formula is C80H92BN3O. The average Bonchev–Trinajstić information content (AvgIpc) is 1.68. The largest absolute Gasteiger partial charge is 0.472 e. The van der Waals surface area contributed by atoms with Gasteiger partial charge in [0, 0.05) is 50.8 Å². The first kappa shape index (κ1) is 56.1. The minimum Gasteiger partial charge on any atom is -0.472 e. The van der Waals surface area contributed by atoms with Gasteiger partial charge in [-0.1, -0.05) is 189 Å². The van der Waals surface area contributed by atoms with Crippen LogP contribution in [0.15, 0.2) is 138 Å². The molecule has 0 saturated heterocycles. The van der Waals surface area contributed by atoms with Crippen LogP contribution in [0.2, 0.25) is 0 Å². The highest BCUT2D eigenvalue weighted by atomic mass is 16.3. The molecule has 0 N–H and O–H groups in total. The van der Waals surface area contributed by atoms with Gasteiger partial charge in [0.05, 0.1) is 17.0 Å². The minimum atomic E-state index is -0.179. The van der Waals surface area contributed by atoms with E-state index in [1.54, 1.807) is 0 Å². The summed E-state index contributed by atoms with van der Waals surface area (Å²) in [5, 5.41) is 0. The zero-order chi connectivity index (χ0) is 60.1. The lowest BCUT2D eigenvalue weighted by Crippen LogP contribution is -2.61. The predicted molar refractivity (Wildman–Crippen MR) is 363 cm³/mol. The van der Waals surface area contributed by atoms with Gasteiger partial charge in [-0.25, -0.2) is 0 Å². The lowest BCUT2D eigenvalue weighted by atomic mass is 9.35. The number of furan rings is 1. The Morgan fingerprint density at radius 2 is 0.859 bits per heavy atom.